The zero-order valence-electron chi connectivity index (χ0n) is 8.99. The number of aliphatic hydroxyl groups excluding tert-OH is 2. The molecule has 1 fully saturated rings. The van der Waals surface area contributed by atoms with Gasteiger partial charge in [-0.2, -0.15) is 0 Å². The molecule has 84 valence electrons. The molecule has 2 N–H and O–H groups in total. The first-order valence-electron chi connectivity index (χ1n) is 4.61. The number of allylic oxidation sites excluding steroid dienone is 3. The normalized spacial score (nSPS) is 21.0. The van der Waals surface area contributed by atoms with Gasteiger partial charge in [-0.05, 0) is 11.6 Å². The topological polar surface area (TPSA) is 49.7 Å². The predicted octanol–water partition coefficient (Wildman–Crippen LogP) is 3.08. The number of hydrogen-bond donors (Lipinski definition) is 2. The average molecular weight is 218 g/mol. The maximum absolute atomic E-state index is 9.05. The molecule has 16 heavy (non-hydrogen) atoms. The minimum Gasteiger partial charge on any atom is -0.509 e. The van der Waals surface area contributed by atoms with Crippen LogP contribution in [0.15, 0.2) is 72.5 Å². The Morgan fingerprint density at radius 1 is 1.06 bits per heavy atom. The van der Waals surface area contributed by atoms with Gasteiger partial charge in [-0.1, -0.05) is 26.3 Å². The van der Waals surface area contributed by atoms with Gasteiger partial charge in [0.2, 0.25) is 0 Å². The van der Waals surface area contributed by atoms with E-state index in [0.29, 0.717) is 22.5 Å². The molecule has 1 heterocycles. The molecule has 0 aromatic carbocycles. The molecule has 0 saturated carbocycles. The Kier molecular flexibility index (Phi) is 3.40. The summed E-state index contributed by atoms with van der Waals surface area (Å²) in [7, 11) is 0. The van der Waals surface area contributed by atoms with Crippen molar-refractivity contribution in [2.45, 2.75) is 0 Å². The van der Waals surface area contributed by atoms with Crippen molar-refractivity contribution >= 4 is 0 Å². The Balaban J connectivity index is 2.98. The van der Waals surface area contributed by atoms with Gasteiger partial charge in [0.05, 0.1) is 0 Å². The smallest absolute Gasteiger partial charge is 0.130 e. The number of rotatable bonds is 2. The second-order valence-corrected chi connectivity index (χ2v) is 3.41. The van der Waals surface area contributed by atoms with Crippen LogP contribution in [-0.2, 0) is 4.74 Å². The maximum atomic E-state index is 9.05. The van der Waals surface area contributed by atoms with Crippen LogP contribution in [-0.4, -0.2) is 16.8 Å². The Labute approximate surface area is 94.7 Å². The lowest BCUT2D eigenvalue weighted by Crippen LogP contribution is -2.12. The Hall–Kier alpha value is -2.16. The van der Waals surface area contributed by atoms with Crippen LogP contribution in [0.25, 0.3) is 0 Å². The van der Waals surface area contributed by atoms with E-state index in [1.165, 1.54) is 12.2 Å². The van der Waals surface area contributed by atoms with Gasteiger partial charge < -0.3 is 14.9 Å². The van der Waals surface area contributed by atoms with Crippen molar-refractivity contribution < 1.29 is 14.9 Å². The van der Waals surface area contributed by atoms with Crippen LogP contribution in [0.5, 0.6) is 0 Å². The van der Waals surface area contributed by atoms with Gasteiger partial charge in [0, 0.05) is 17.2 Å². The molecular weight excluding hydrogens is 204 g/mol. The molecule has 0 aromatic rings. The molecule has 0 atom stereocenters. The third kappa shape index (κ3) is 2.67. The monoisotopic (exact) mass is 218 g/mol. The molecule has 3 nitrogen and oxygen atoms in total. The minimum absolute atomic E-state index is 0.0634. The average Bonchev–Trinajstić information content (AvgIpc) is 2.16. The van der Waals surface area contributed by atoms with E-state index in [0.717, 1.165) is 0 Å². The molecule has 1 saturated heterocycles. The van der Waals surface area contributed by atoms with E-state index in [4.69, 9.17) is 14.9 Å². The predicted molar refractivity (Wildman–Crippen MR) is 63.9 cm³/mol. The van der Waals surface area contributed by atoms with Crippen LogP contribution < -0.4 is 0 Å². The third-order valence-corrected chi connectivity index (χ3v) is 2.07. The van der Waals surface area contributed by atoms with E-state index in [9.17, 15) is 0 Å². The molecule has 1 aliphatic rings. The van der Waals surface area contributed by atoms with Crippen LogP contribution >= 0.6 is 0 Å². The Bertz CT molecular complexity index is 394. The number of ether oxygens (including phenoxy) is 1. The fourth-order valence-corrected chi connectivity index (χ4v) is 1.28. The summed E-state index contributed by atoms with van der Waals surface area (Å²) in [5, 5.41) is 18.1. The van der Waals surface area contributed by atoms with E-state index in [1.54, 1.807) is 0 Å². The van der Waals surface area contributed by atoms with E-state index in [-0.39, 0.29) is 18.1 Å². The second kappa shape index (κ2) is 4.57. The molecule has 0 spiro atoms. The summed E-state index contributed by atoms with van der Waals surface area (Å²) in [4.78, 5) is 0. The minimum atomic E-state index is -0.108. The van der Waals surface area contributed by atoms with Gasteiger partial charge in [0.1, 0.15) is 23.9 Å². The molecule has 1 rings (SSSR count). The summed E-state index contributed by atoms with van der Waals surface area (Å²) in [6, 6.07) is 0. The van der Waals surface area contributed by atoms with Crippen molar-refractivity contribution in [1.29, 1.82) is 0 Å². The number of hydrogen-bond acceptors (Lipinski definition) is 3. The lowest BCUT2D eigenvalue weighted by molar-refractivity contribution is 0.238. The quantitative estimate of drug-likeness (QED) is 0.700. The summed E-state index contributed by atoms with van der Waals surface area (Å²) >= 11 is 0. The fourth-order valence-electron chi connectivity index (χ4n) is 1.28. The molecule has 0 aromatic heterocycles. The van der Waals surface area contributed by atoms with Crippen LogP contribution in [0.2, 0.25) is 0 Å². The van der Waals surface area contributed by atoms with Crippen molar-refractivity contribution in [3.63, 3.8) is 0 Å². The highest BCUT2D eigenvalue weighted by Gasteiger charge is 2.19. The van der Waals surface area contributed by atoms with Gasteiger partial charge in [-0.15, -0.1) is 0 Å². The maximum Gasteiger partial charge on any atom is 0.130 e. The van der Waals surface area contributed by atoms with Crippen LogP contribution in [0.3, 0.4) is 0 Å². The molecule has 3 heteroatoms. The summed E-state index contributed by atoms with van der Waals surface area (Å²) in [5.74, 6) is 0.257. The zero-order chi connectivity index (χ0) is 12.3. The first kappa shape index (κ1) is 11.9. The largest absolute Gasteiger partial charge is 0.509 e. The van der Waals surface area contributed by atoms with Crippen LogP contribution in [0.1, 0.15) is 0 Å². The van der Waals surface area contributed by atoms with E-state index in [1.807, 2.05) is 0 Å². The van der Waals surface area contributed by atoms with Gasteiger partial charge in [-0.3, -0.25) is 0 Å². The molecule has 0 amide bonds. The summed E-state index contributed by atoms with van der Waals surface area (Å²) in [6.45, 7) is 14.6. The highest BCUT2D eigenvalue weighted by molar-refractivity contribution is 5.55. The second-order valence-electron chi connectivity index (χ2n) is 3.41. The summed E-state index contributed by atoms with van der Waals surface area (Å²) in [6.07, 6.45) is 2.84. The standard InChI is InChI=1S/C13H14O3/c1-8(14)5-12-7-16-13(6-9(2)15)11(4)10(12)3/h5-6,14-15H,1-4,7H2/b12-5-,13-6+. The van der Waals surface area contributed by atoms with Gasteiger partial charge in [0.25, 0.3) is 0 Å². The van der Waals surface area contributed by atoms with Gasteiger partial charge in [-0.25, -0.2) is 0 Å². The SMILES string of the molecule is C=C(O)/C=C1/CO/C(=C/C(=C)O)C(=C)C1=C. The molecule has 0 unspecified atom stereocenters. The zero-order valence-corrected chi connectivity index (χ0v) is 8.99. The van der Waals surface area contributed by atoms with Gasteiger partial charge >= 0.3 is 0 Å². The molecule has 1 aliphatic heterocycles. The highest BCUT2D eigenvalue weighted by Crippen LogP contribution is 2.30. The van der Waals surface area contributed by atoms with E-state index < -0.39 is 0 Å². The van der Waals surface area contributed by atoms with Crippen molar-refractivity contribution in [2.24, 2.45) is 0 Å². The van der Waals surface area contributed by atoms with Crippen molar-refractivity contribution in [2.75, 3.05) is 6.61 Å². The molecule has 0 aliphatic carbocycles. The van der Waals surface area contributed by atoms with Crippen molar-refractivity contribution in [3.8, 4) is 0 Å². The molecule has 0 radical (unpaired) electrons. The summed E-state index contributed by atoms with van der Waals surface area (Å²) in [5.41, 5.74) is 1.90. The highest BCUT2D eigenvalue weighted by atomic mass is 16.5. The lowest BCUT2D eigenvalue weighted by atomic mass is 9.96. The lowest BCUT2D eigenvalue weighted by Gasteiger charge is -2.23. The Morgan fingerprint density at radius 2 is 1.62 bits per heavy atom. The van der Waals surface area contributed by atoms with Crippen LogP contribution in [0, 0.1) is 0 Å². The first-order chi connectivity index (χ1) is 7.41. The Morgan fingerprint density at radius 3 is 2.12 bits per heavy atom. The third-order valence-electron chi connectivity index (χ3n) is 2.07. The van der Waals surface area contributed by atoms with Crippen molar-refractivity contribution in [1.82, 2.24) is 0 Å². The van der Waals surface area contributed by atoms with Crippen LogP contribution in [0.4, 0.5) is 0 Å². The van der Waals surface area contributed by atoms with Crippen molar-refractivity contribution in [3.05, 3.63) is 72.5 Å². The van der Waals surface area contributed by atoms with E-state index in [2.05, 4.69) is 26.3 Å². The summed E-state index contributed by atoms with van der Waals surface area (Å²) < 4.78 is 5.34. The van der Waals surface area contributed by atoms with Gasteiger partial charge in [0.15, 0.2) is 0 Å². The first-order valence-corrected chi connectivity index (χ1v) is 4.61. The molecular formula is C13H14O3. The number of aliphatic hydroxyl groups is 2. The fraction of sp³-hybridized carbons (Fsp3) is 0.0769. The molecule has 0 bridgehead atoms. The van der Waals surface area contributed by atoms with E-state index >= 15 is 0 Å².